The standard InChI is InChI=1S/C17H22O3/c1-4-9-17(10-5-2)11-8-12-13(16(17)19)6-7-14(20-3)15(12)18/h4-7,16,18-19H,1-2,8-11H2,3H3. The van der Waals surface area contributed by atoms with Gasteiger partial charge in [-0.3, -0.25) is 0 Å². The first-order valence-electron chi connectivity index (χ1n) is 6.88. The number of hydrogen-bond donors (Lipinski definition) is 2. The summed E-state index contributed by atoms with van der Waals surface area (Å²) in [5.41, 5.74) is 1.32. The third-order valence-electron chi connectivity index (χ3n) is 4.35. The van der Waals surface area contributed by atoms with Crippen molar-refractivity contribution in [3.8, 4) is 11.5 Å². The van der Waals surface area contributed by atoms with E-state index in [4.69, 9.17) is 4.74 Å². The van der Waals surface area contributed by atoms with Gasteiger partial charge >= 0.3 is 0 Å². The fourth-order valence-electron chi connectivity index (χ4n) is 3.24. The van der Waals surface area contributed by atoms with Crippen LogP contribution in [0.2, 0.25) is 0 Å². The molecule has 2 N–H and O–H groups in total. The summed E-state index contributed by atoms with van der Waals surface area (Å²) in [6.45, 7) is 7.61. The molecule has 2 rings (SSSR count). The van der Waals surface area contributed by atoms with E-state index in [-0.39, 0.29) is 11.2 Å². The molecule has 1 atom stereocenters. The van der Waals surface area contributed by atoms with Gasteiger partial charge in [0.25, 0.3) is 0 Å². The van der Waals surface area contributed by atoms with Crippen LogP contribution in [0, 0.1) is 5.41 Å². The zero-order chi connectivity index (χ0) is 14.8. The highest BCUT2D eigenvalue weighted by molar-refractivity contribution is 5.52. The van der Waals surface area contributed by atoms with Gasteiger partial charge in [0.1, 0.15) is 0 Å². The number of aliphatic hydroxyl groups excluding tert-OH is 1. The summed E-state index contributed by atoms with van der Waals surface area (Å²) in [4.78, 5) is 0. The number of benzene rings is 1. The van der Waals surface area contributed by atoms with Crippen molar-refractivity contribution < 1.29 is 14.9 Å². The maximum absolute atomic E-state index is 10.8. The van der Waals surface area contributed by atoms with E-state index in [0.717, 1.165) is 36.8 Å². The summed E-state index contributed by atoms with van der Waals surface area (Å²) >= 11 is 0. The maximum Gasteiger partial charge on any atom is 0.161 e. The Morgan fingerprint density at radius 3 is 2.55 bits per heavy atom. The lowest BCUT2D eigenvalue weighted by Gasteiger charge is -2.42. The highest BCUT2D eigenvalue weighted by Crippen LogP contribution is 2.52. The topological polar surface area (TPSA) is 49.7 Å². The van der Waals surface area contributed by atoms with Gasteiger partial charge in [-0.2, -0.15) is 0 Å². The van der Waals surface area contributed by atoms with Crippen molar-refractivity contribution in [2.24, 2.45) is 5.41 Å². The average molecular weight is 274 g/mol. The fourth-order valence-corrected chi connectivity index (χ4v) is 3.24. The highest BCUT2D eigenvalue weighted by Gasteiger charge is 2.41. The molecule has 1 aromatic rings. The van der Waals surface area contributed by atoms with Crippen molar-refractivity contribution in [1.82, 2.24) is 0 Å². The normalized spacial score (nSPS) is 20.0. The number of aromatic hydroxyl groups is 1. The third-order valence-corrected chi connectivity index (χ3v) is 4.35. The summed E-state index contributed by atoms with van der Waals surface area (Å²) in [5, 5.41) is 21.0. The first-order chi connectivity index (χ1) is 9.59. The van der Waals surface area contributed by atoms with Crippen LogP contribution in [0.25, 0.3) is 0 Å². The molecule has 3 heteroatoms. The quantitative estimate of drug-likeness (QED) is 0.808. The van der Waals surface area contributed by atoms with Gasteiger partial charge in [0.2, 0.25) is 0 Å². The predicted molar refractivity (Wildman–Crippen MR) is 80.0 cm³/mol. The van der Waals surface area contributed by atoms with E-state index < -0.39 is 6.10 Å². The second-order valence-electron chi connectivity index (χ2n) is 5.43. The van der Waals surface area contributed by atoms with Gasteiger partial charge in [-0.05, 0) is 37.3 Å². The van der Waals surface area contributed by atoms with E-state index in [1.54, 1.807) is 6.07 Å². The van der Waals surface area contributed by atoms with Crippen LogP contribution in [0.4, 0.5) is 0 Å². The number of hydrogen-bond acceptors (Lipinski definition) is 3. The van der Waals surface area contributed by atoms with Crippen LogP contribution in [-0.4, -0.2) is 17.3 Å². The first kappa shape index (κ1) is 14.7. The van der Waals surface area contributed by atoms with Crippen molar-refractivity contribution in [2.45, 2.75) is 31.8 Å². The molecule has 1 aromatic carbocycles. The van der Waals surface area contributed by atoms with Crippen molar-refractivity contribution in [1.29, 1.82) is 0 Å². The molecular formula is C17H22O3. The largest absolute Gasteiger partial charge is 0.504 e. The molecule has 0 radical (unpaired) electrons. The molecule has 1 aliphatic rings. The van der Waals surface area contributed by atoms with Crippen LogP contribution < -0.4 is 4.74 Å². The van der Waals surface area contributed by atoms with Gasteiger partial charge in [0.05, 0.1) is 13.2 Å². The van der Waals surface area contributed by atoms with Crippen LogP contribution in [0.1, 0.15) is 36.5 Å². The SMILES string of the molecule is C=CCC1(CC=C)CCc2c(ccc(OC)c2O)C1O. The molecule has 1 aliphatic carbocycles. The molecule has 0 heterocycles. The number of aliphatic hydroxyl groups is 1. The van der Waals surface area contributed by atoms with E-state index in [1.807, 2.05) is 18.2 Å². The number of ether oxygens (including phenoxy) is 1. The molecule has 0 bridgehead atoms. The number of allylic oxidation sites excluding steroid dienone is 2. The van der Waals surface area contributed by atoms with Gasteiger partial charge < -0.3 is 14.9 Å². The Bertz CT molecular complexity index is 509. The molecule has 108 valence electrons. The maximum atomic E-state index is 10.8. The first-order valence-corrected chi connectivity index (χ1v) is 6.88. The lowest BCUT2D eigenvalue weighted by molar-refractivity contribution is 0.00975. The van der Waals surface area contributed by atoms with E-state index in [0.29, 0.717) is 5.75 Å². The summed E-state index contributed by atoms with van der Waals surface area (Å²) in [6, 6.07) is 3.55. The van der Waals surface area contributed by atoms with Gasteiger partial charge in [0.15, 0.2) is 11.5 Å². The fraction of sp³-hybridized carbons (Fsp3) is 0.412. The molecule has 0 spiro atoms. The number of fused-ring (bicyclic) bond motifs is 1. The van der Waals surface area contributed by atoms with E-state index in [2.05, 4.69) is 13.2 Å². The molecule has 0 saturated heterocycles. The minimum Gasteiger partial charge on any atom is -0.504 e. The molecule has 3 nitrogen and oxygen atoms in total. The van der Waals surface area contributed by atoms with Gasteiger partial charge in [-0.25, -0.2) is 0 Å². The molecule has 20 heavy (non-hydrogen) atoms. The van der Waals surface area contributed by atoms with E-state index in [9.17, 15) is 10.2 Å². The summed E-state index contributed by atoms with van der Waals surface area (Å²) < 4.78 is 5.13. The van der Waals surface area contributed by atoms with Crippen molar-refractivity contribution in [3.05, 3.63) is 48.6 Å². The monoisotopic (exact) mass is 274 g/mol. The molecule has 0 saturated carbocycles. The summed E-state index contributed by atoms with van der Waals surface area (Å²) in [7, 11) is 1.53. The highest BCUT2D eigenvalue weighted by atomic mass is 16.5. The number of rotatable bonds is 5. The van der Waals surface area contributed by atoms with Crippen molar-refractivity contribution in [2.75, 3.05) is 7.11 Å². The molecule has 0 aliphatic heterocycles. The van der Waals surface area contributed by atoms with Crippen molar-refractivity contribution >= 4 is 0 Å². The Hall–Kier alpha value is -1.74. The van der Waals surface area contributed by atoms with Crippen LogP contribution in [0.5, 0.6) is 11.5 Å². The molecular weight excluding hydrogens is 252 g/mol. The Morgan fingerprint density at radius 2 is 2.00 bits per heavy atom. The van der Waals surface area contributed by atoms with Gasteiger partial charge in [0, 0.05) is 11.0 Å². The second-order valence-corrected chi connectivity index (χ2v) is 5.43. The summed E-state index contributed by atoms with van der Waals surface area (Å²) in [5.74, 6) is 0.603. The number of phenolic OH excluding ortho intramolecular Hbond substituents is 1. The molecule has 0 aromatic heterocycles. The lowest BCUT2D eigenvalue weighted by Crippen LogP contribution is -2.33. The Labute approximate surface area is 120 Å². The smallest absolute Gasteiger partial charge is 0.161 e. The zero-order valence-electron chi connectivity index (χ0n) is 11.9. The van der Waals surface area contributed by atoms with Gasteiger partial charge in [-0.1, -0.05) is 18.2 Å². The third kappa shape index (κ3) is 2.22. The van der Waals surface area contributed by atoms with Crippen LogP contribution >= 0.6 is 0 Å². The number of phenols is 1. The summed E-state index contributed by atoms with van der Waals surface area (Å²) in [6.07, 6.45) is 6.04. The Morgan fingerprint density at radius 1 is 1.35 bits per heavy atom. The predicted octanol–water partition coefficient (Wildman–Crippen LogP) is 3.52. The second kappa shape index (κ2) is 5.71. The van der Waals surface area contributed by atoms with Crippen LogP contribution in [-0.2, 0) is 6.42 Å². The van der Waals surface area contributed by atoms with Crippen molar-refractivity contribution in [3.63, 3.8) is 0 Å². The molecule has 1 unspecified atom stereocenters. The minimum atomic E-state index is -0.626. The van der Waals surface area contributed by atoms with Crippen LogP contribution in [0.15, 0.2) is 37.4 Å². The number of methoxy groups -OCH3 is 1. The van der Waals surface area contributed by atoms with Gasteiger partial charge in [-0.15, -0.1) is 13.2 Å². The molecule has 0 amide bonds. The minimum absolute atomic E-state index is 0.148. The average Bonchev–Trinajstić information content (AvgIpc) is 2.44. The Kier molecular flexibility index (Phi) is 4.19. The van der Waals surface area contributed by atoms with Crippen LogP contribution in [0.3, 0.4) is 0 Å². The van der Waals surface area contributed by atoms with E-state index in [1.165, 1.54) is 7.11 Å². The zero-order valence-corrected chi connectivity index (χ0v) is 11.9. The lowest BCUT2D eigenvalue weighted by atomic mass is 9.65. The van der Waals surface area contributed by atoms with E-state index >= 15 is 0 Å². The molecule has 0 fully saturated rings. The Balaban J connectivity index is 2.47.